The monoisotopic (exact) mass is 357 g/mol. The number of benzene rings is 1. The summed E-state index contributed by atoms with van der Waals surface area (Å²) in [5.74, 6) is -1.43. The van der Waals surface area contributed by atoms with Crippen molar-refractivity contribution >= 4 is 35.1 Å². The Morgan fingerprint density at radius 2 is 1.87 bits per heavy atom. The molecule has 1 spiro atoms. The van der Waals surface area contributed by atoms with Crippen molar-refractivity contribution in [2.45, 2.75) is 43.9 Å². The van der Waals surface area contributed by atoms with Gasteiger partial charge in [0.2, 0.25) is 0 Å². The van der Waals surface area contributed by atoms with Crippen LogP contribution in [0.5, 0.6) is 0 Å². The van der Waals surface area contributed by atoms with Crippen LogP contribution in [0.4, 0.5) is 0 Å². The second-order valence-electron chi connectivity index (χ2n) is 5.98. The number of rotatable bonds is 2. The summed E-state index contributed by atoms with van der Waals surface area (Å²) in [5.41, 5.74) is -0.495. The molecule has 2 fully saturated rings. The fourth-order valence-electron chi connectivity index (χ4n) is 3.43. The summed E-state index contributed by atoms with van der Waals surface area (Å²) in [7, 11) is 0. The lowest BCUT2D eigenvalue weighted by molar-refractivity contribution is -0.143. The zero-order valence-electron chi connectivity index (χ0n) is 12.4. The molecule has 2 aliphatic rings. The van der Waals surface area contributed by atoms with E-state index in [0.717, 1.165) is 19.3 Å². The second kappa shape index (κ2) is 6.30. The topological polar surface area (TPSA) is 66.8 Å². The summed E-state index contributed by atoms with van der Waals surface area (Å²) in [6.07, 6.45) is 4.21. The molecule has 1 aromatic rings. The molecule has 0 bridgehead atoms. The number of nitrogens with zero attached hydrogens (tertiary/aromatic N) is 1. The van der Waals surface area contributed by atoms with Gasteiger partial charge >= 0.3 is 5.97 Å². The summed E-state index contributed by atoms with van der Waals surface area (Å²) in [5, 5.41) is 10.1. The van der Waals surface area contributed by atoms with Crippen LogP contribution in [0.15, 0.2) is 18.2 Å². The van der Waals surface area contributed by atoms with E-state index >= 15 is 0 Å². The summed E-state index contributed by atoms with van der Waals surface area (Å²) >= 11 is 11.9. The minimum absolute atomic E-state index is 0.0163. The number of ether oxygens (including phenoxy) is 1. The van der Waals surface area contributed by atoms with Crippen LogP contribution in [-0.4, -0.2) is 40.3 Å². The lowest BCUT2D eigenvalue weighted by Crippen LogP contribution is -2.54. The number of aliphatic carboxylic acids is 1. The number of carbonyl (C=O) groups excluding carboxylic acids is 1. The van der Waals surface area contributed by atoms with Gasteiger partial charge in [0.25, 0.3) is 5.91 Å². The predicted molar refractivity (Wildman–Crippen MR) is 85.8 cm³/mol. The highest BCUT2D eigenvalue weighted by Crippen LogP contribution is 2.41. The van der Waals surface area contributed by atoms with Crippen LogP contribution in [0.2, 0.25) is 10.0 Å². The number of amides is 1. The zero-order valence-corrected chi connectivity index (χ0v) is 13.9. The molecule has 5 nitrogen and oxygen atoms in total. The van der Waals surface area contributed by atoms with Gasteiger partial charge in [0.05, 0.1) is 16.7 Å². The Balaban J connectivity index is 1.98. The van der Waals surface area contributed by atoms with Crippen molar-refractivity contribution in [3.63, 3.8) is 0 Å². The van der Waals surface area contributed by atoms with Crippen molar-refractivity contribution in [2.75, 3.05) is 6.61 Å². The summed E-state index contributed by atoms with van der Waals surface area (Å²) < 4.78 is 5.83. The first-order chi connectivity index (χ1) is 10.9. The van der Waals surface area contributed by atoms with Gasteiger partial charge in [-0.3, -0.25) is 9.69 Å². The number of hydrogen-bond acceptors (Lipinski definition) is 3. The van der Waals surface area contributed by atoms with Crippen molar-refractivity contribution < 1.29 is 19.4 Å². The Hall–Kier alpha value is -1.30. The highest BCUT2D eigenvalue weighted by molar-refractivity contribution is 6.42. The smallest absolute Gasteiger partial charge is 0.328 e. The summed E-state index contributed by atoms with van der Waals surface area (Å²) in [4.78, 5) is 26.0. The van der Waals surface area contributed by atoms with Crippen LogP contribution < -0.4 is 0 Å². The van der Waals surface area contributed by atoms with Crippen molar-refractivity contribution in [3.8, 4) is 0 Å². The van der Waals surface area contributed by atoms with Crippen LogP contribution in [0.3, 0.4) is 0 Å². The Kier molecular flexibility index (Phi) is 4.54. The maximum Gasteiger partial charge on any atom is 0.328 e. The van der Waals surface area contributed by atoms with E-state index in [1.807, 2.05) is 0 Å². The molecule has 1 aliphatic carbocycles. The first-order valence-electron chi connectivity index (χ1n) is 7.60. The summed E-state index contributed by atoms with van der Waals surface area (Å²) in [6.45, 7) is 0.0163. The Morgan fingerprint density at radius 1 is 1.17 bits per heavy atom. The molecule has 1 saturated carbocycles. The molecule has 0 unspecified atom stereocenters. The Morgan fingerprint density at radius 3 is 2.48 bits per heavy atom. The zero-order chi connectivity index (χ0) is 16.6. The summed E-state index contributed by atoms with van der Waals surface area (Å²) in [6, 6.07) is 3.59. The van der Waals surface area contributed by atoms with Gasteiger partial charge in [0.15, 0.2) is 6.04 Å². The van der Waals surface area contributed by atoms with Crippen LogP contribution in [-0.2, 0) is 9.53 Å². The number of carboxylic acids is 1. The molecule has 1 amide bonds. The van der Waals surface area contributed by atoms with Gasteiger partial charge in [-0.25, -0.2) is 4.79 Å². The van der Waals surface area contributed by atoms with Crippen molar-refractivity contribution in [2.24, 2.45) is 0 Å². The van der Waals surface area contributed by atoms with E-state index < -0.39 is 17.7 Å². The molecule has 124 valence electrons. The van der Waals surface area contributed by atoms with E-state index in [1.165, 1.54) is 17.0 Å². The molecule has 1 aromatic carbocycles. The lowest BCUT2D eigenvalue weighted by Gasteiger charge is -2.41. The largest absolute Gasteiger partial charge is 0.480 e. The van der Waals surface area contributed by atoms with E-state index in [9.17, 15) is 14.7 Å². The Labute approximate surface area is 144 Å². The van der Waals surface area contributed by atoms with Crippen LogP contribution in [0, 0.1) is 0 Å². The van der Waals surface area contributed by atoms with Crippen LogP contribution >= 0.6 is 23.2 Å². The highest BCUT2D eigenvalue weighted by Gasteiger charge is 2.53. The fourth-order valence-corrected chi connectivity index (χ4v) is 3.73. The van der Waals surface area contributed by atoms with E-state index in [4.69, 9.17) is 27.9 Å². The minimum Gasteiger partial charge on any atom is -0.480 e. The predicted octanol–water partition coefficient (Wildman–Crippen LogP) is 3.58. The fraction of sp³-hybridized carbons (Fsp3) is 0.500. The third-order valence-electron chi connectivity index (χ3n) is 4.57. The SMILES string of the molecule is O=C(O)[C@H]1COC2(CCCCC2)N1C(=O)c1ccc(Cl)c(Cl)c1. The number of halogens is 2. The molecule has 0 aromatic heterocycles. The van der Waals surface area contributed by atoms with Crippen molar-refractivity contribution in [1.29, 1.82) is 0 Å². The van der Waals surface area contributed by atoms with Gasteiger partial charge in [0.1, 0.15) is 5.72 Å². The molecule has 7 heteroatoms. The molecule has 3 rings (SSSR count). The van der Waals surface area contributed by atoms with Gasteiger partial charge in [0, 0.05) is 5.56 Å². The Bertz CT molecular complexity index is 643. The quantitative estimate of drug-likeness (QED) is 0.878. The second-order valence-corrected chi connectivity index (χ2v) is 6.79. The maximum atomic E-state index is 13.0. The molecule has 1 saturated heterocycles. The standard InChI is InChI=1S/C16H17Cl2NO4/c17-11-5-4-10(8-12(11)18)14(20)19-13(15(21)22)9-23-16(19)6-2-1-3-7-16/h4-5,8,13H,1-3,6-7,9H2,(H,21,22)/t13-/m1/s1. The third kappa shape index (κ3) is 2.93. The van der Waals surface area contributed by atoms with E-state index in [1.54, 1.807) is 6.07 Å². The first-order valence-corrected chi connectivity index (χ1v) is 8.36. The molecule has 1 N–H and O–H groups in total. The van der Waals surface area contributed by atoms with Crippen molar-refractivity contribution in [3.05, 3.63) is 33.8 Å². The van der Waals surface area contributed by atoms with E-state index in [-0.39, 0.29) is 17.5 Å². The van der Waals surface area contributed by atoms with Gasteiger partial charge in [-0.2, -0.15) is 0 Å². The molecular weight excluding hydrogens is 341 g/mol. The molecule has 1 aliphatic heterocycles. The third-order valence-corrected chi connectivity index (χ3v) is 5.30. The first kappa shape index (κ1) is 16.6. The molecule has 23 heavy (non-hydrogen) atoms. The number of carboxylic acid groups (broad SMARTS) is 1. The number of carbonyl (C=O) groups is 2. The molecule has 1 heterocycles. The normalized spacial score (nSPS) is 23.2. The van der Waals surface area contributed by atoms with Crippen LogP contribution in [0.25, 0.3) is 0 Å². The highest BCUT2D eigenvalue weighted by atomic mass is 35.5. The average molecular weight is 358 g/mol. The van der Waals surface area contributed by atoms with E-state index in [0.29, 0.717) is 23.4 Å². The average Bonchev–Trinajstić information content (AvgIpc) is 2.89. The van der Waals surface area contributed by atoms with E-state index in [2.05, 4.69) is 0 Å². The van der Waals surface area contributed by atoms with Gasteiger partial charge in [-0.05, 0) is 43.9 Å². The molecular formula is C16H17Cl2NO4. The van der Waals surface area contributed by atoms with Gasteiger partial charge in [-0.15, -0.1) is 0 Å². The maximum absolute atomic E-state index is 13.0. The number of hydrogen-bond donors (Lipinski definition) is 1. The van der Waals surface area contributed by atoms with Gasteiger partial charge < -0.3 is 9.84 Å². The molecule has 0 radical (unpaired) electrons. The molecule has 1 atom stereocenters. The minimum atomic E-state index is -1.05. The van der Waals surface area contributed by atoms with Gasteiger partial charge in [-0.1, -0.05) is 29.6 Å². The van der Waals surface area contributed by atoms with Crippen LogP contribution in [0.1, 0.15) is 42.5 Å². The lowest BCUT2D eigenvalue weighted by atomic mass is 9.89. The van der Waals surface area contributed by atoms with Crippen molar-refractivity contribution in [1.82, 2.24) is 4.90 Å².